The van der Waals surface area contributed by atoms with E-state index < -0.39 is 210 Å². The van der Waals surface area contributed by atoms with Crippen LogP contribution in [-0.4, -0.2) is 189 Å². The Balaban J connectivity index is 0.000000322. The predicted molar refractivity (Wildman–Crippen MR) is 365 cm³/mol. The van der Waals surface area contributed by atoms with Crippen LogP contribution in [0, 0.1) is 44.8 Å². The van der Waals surface area contributed by atoms with Crippen LogP contribution in [-0.2, 0) is 114 Å². The first-order valence-electron chi connectivity index (χ1n) is 38.2. The minimum Gasteiger partial charge on any atom is -0.465 e. The molecule has 6 heterocycles. The van der Waals surface area contributed by atoms with Gasteiger partial charge in [-0.1, -0.05) is 67.7 Å². The van der Waals surface area contributed by atoms with Crippen LogP contribution in [0.3, 0.4) is 0 Å². The minimum absolute atomic E-state index is 0.0510. The average Bonchev–Trinajstić information content (AvgIpc) is 1.58. The SMILES string of the molecule is CCC(C)(C)C(=O)OC(C)C(F)(F)F.CCC(C)(C)C(=O)OC(C)C(F)(F)F.CCC(C)(C)C(=O)OC1C(=O)OC2C3OC4(CCC(C(=O)OC(C(F)(F)F)C(F)(F)F)CC4)OC3OC12.CCC(C)(C)C(=O)OC1C(=O)OC2C3OC4(CCC(C(=O)OCC(F)(F)F)CC4)OC3OC12.CCCCC(CC)COC(=O)C(C)(C)CC. The zero-order valence-corrected chi connectivity index (χ0v) is 67.6. The van der Waals surface area contributed by atoms with Crippen LogP contribution in [0.1, 0.15) is 241 Å². The van der Waals surface area contributed by atoms with Crippen LogP contribution in [0.2, 0.25) is 0 Å². The molecular formula is C75H111F15O24. The van der Waals surface area contributed by atoms with Gasteiger partial charge in [-0.3, -0.25) is 33.6 Å². The van der Waals surface area contributed by atoms with Crippen LogP contribution in [0.25, 0.3) is 0 Å². The zero-order chi connectivity index (χ0) is 87.5. The van der Waals surface area contributed by atoms with E-state index in [0.29, 0.717) is 38.2 Å². The van der Waals surface area contributed by atoms with Gasteiger partial charge in [-0.25, -0.2) is 9.59 Å². The van der Waals surface area contributed by atoms with Gasteiger partial charge in [0, 0.05) is 25.7 Å². The quantitative estimate of drug-likeness (QED) is 0.0493. The molecule has 13 atom stereocenters. The molecule has 39 heteroatoms. The highest BCUT2D eigenvalue weighted by Crippen LogP contribution is 2.52. The first-order chi connectivity index (χ1) is 52.0. The van der Waals surface area contributed by atoms with Crippen molar-refractivity contribution in [2.24, 2.45) is 44.8 Å². The fourth-order valence-corrected chi connectivity index (χ4v) is 11.6. The number of carbonyl (C=O) groups excluding carboxylic acids is 9. The number of carbonyl (C=O) groups is 9. The van der Waals surface area contributed by atoms with E-state index >= 15 is 0 Å². The van der Waals surface area contributed by atoms with E-state index in [1.165, 1.54) is 19.3 Å². The van der Waals surface area contributed by atoms with Gasteiger partial charge >= 0.3 is 84.6 Å². The molecule has 660 valence electrons. The van der Waals surface area contributed by atoms with Gasteiger partial charge in [0.15, 0.2) is 67.4 Å². The molecule has 8 rings (SSSR count). The molecule has 2 aliphatic carbocycles. The van der Waals surface area contributed by atoms with Crippen LogP contribution in [0.4, 0.5) is 65.9 Å². The Morgan fingerprint density at radius 1 is 0.421 bits per heavy atom. The highest BCUT2D eigenvalue weighted by Gasteiger charge is 2.69. The molecule has 0 amide bonds. The van der Waals surface area contributed by atoms with Gasteiger partial charge in [-0.2, -0.15) is 65.9 Å². The first-order valence-corrected chi connectivity index (χ1v) is 38.2. The maximum atomic E-state index is 12.7. The van der Waals surface area contributed by atoms with E-state index in [1.807, 2.05) is 27.7 Å². The van der Waals surface area contributed by atoms with Crippen LogP contribution < -0.4 is 0 Å². The van der Waals surface area contributed by atoms with E-state index in [0.717, 1.165) is 26.7 Å². The summed E-state index contributed by atoms with van der Waals surface area (Å²) in [6, 6.07) is 0. The molecule has 8 fully saturated rings. The summed E-state index contributed by atoms with van der Waals surface area (Å²) in [5.74, 6) is -10.7. The number of esters is 9. The lowest BCUT2D eigenvalue weighted by atomic mass is 9.85. The summed E-state index contributed by atoms with van der Waals surface area (Å²) in [5.41, 5.74) is -3.67. The molecule has 6 saturated heterocycles. The molecule has 8 aliphatic rings. The number of ether oxygens (including phenoxy) is 15. The Morgan fingerprint density at radius 2 is 0.754 bits per heavy atom. The molecule has 114 heavy (non-hydrogen) atoms. The largest absolute Gasteiger partial charge is 0.465 e. The summed E-state index contributed by atoms with van der Waals surface area (Å²) in [6.07, 6.45) is -35.3. The Hall–Kier alpha value is -6.06. The minimum atomic E-state index is -5.80. The average molecular weight is 1680 g/mol. The molecule has 0 aromatic carbocycles. The van der Waals surface area contributed by atoms with E-state index in [4.69, 9.17) is 52.1 Å². The van der Waals surface area contributed by atoms with Crippen molar-refractivity contribution in [3.8, 4) is 0 Å². The van der Waals surface area contributed by atoms with Gasteiger partial charge in [0.1, 0.15) is 12.2 Å². The van der Waals surface area contributed by atoms with Crippen molar-refractivity contribution in [2.45, 2.75) is 363 Å². The zero-order valence-electron chi connectivity index (χ0n) is 67.6. The normalized spacial score (nSPS) is 28.3. The number of hydrogen-bond donors (Lipinski definition) is 0. The summed E-state index contributed by atoms with van der Waals surface area (Å²) >= 11 is 0. The summed E-state index contributed by atoms with van der Waals surface area (Å²) in [6.45, 7) is 30.9. The molecule has 24 nitrogen and oxygen atoms in total. The number of rotatable bonds is 24. The fourth-order valence-electron chi connectivity index (χ4n) is 11.6. The van der Waals surface area contributed by atoms with Gasteiger partial charge < -0.3 is 71.1 Å². The Labute approximate surface area is 652 Å². The van der Waals surface area contributed by atoms with Gasteiger partial charge in [0.25, 0.3) is 6.10 Å². The third-order valence-electron chi connectivity index (χ3n) is 21.8. The summed E-state index contributed by atoms with van der Waals surface area (Å²) in [4.78, 5) is 108. The van der Waals surface area contributed by atoms with Gasteiger partial charge in [-0.05, 0) is 153 Å². The van der Waals surface area contributed by atoms with Crippen LogP contribution in [0.15, 0.2) is 0 Å². The second-order valence-corrected chi connectivity index (χ2v) is 32.7. The number of hydrogen-bond acceptors (Lipinski definition) is 24. The molecule has 0 aromatic rings. The Kier molecular flexibility index (Phi) is 34.5. The van der Waals surface area contributed by atoms with E-state index in [1.54, 1.807) is 76.2 Å². The maximum absolute atomic E-state index is 12.7. The molecule has 0 radical (unpaired) electrons. The summed E-state index contributed by atoms with van der Waals surface area (Å²) < 4.78 is 264. The molecular weight excluding hydrogens is 1570 g/mol. The Bertz CT molecular complexity index is 3160. The fraction of sp³-hybridized carbons (Fsp3) is 0.880. The Morgan fingerprint density at radius 3 is 1.06 bits per heavy atom. The number of fused-ring (bicyclic) bond motifs is 6. The number of alkyl halides is 15. The molecule has 2 spiro atoms. The van der Waals surface area contributed by atoms with Crippen LogP contribution in [0.5, 0.6) is 0 Å². The van der Waals surface area contributed by atoms with Crippen molar-refractivity contribution in [3.05, 3.63) is 0 Å². The predicted octanol–water partition coefficient (Wildman–Crippen LogP) is 15.7. The van der Waals surface area contributed by atoms with E-state index in [9.17, 15) is 109 Å². The third-order valence-corrected chi connectivity index (χ3v) is 21.8. The highest BCUT2D eigenvalue weighted by atomic mass is 19.4. The van der Waals surface area contributed by atoms with Crippen molar-refractivity contribution in [3.63, 3.8) is 0 Å². The molecule has 0 N–H and O–H groups in total. The van der Waals surface area contributed by atoms with Crippen molar-refractivity contribution in [2.75, 3.05) is 13.2 Å². The van der Waals surface area contributed by atoms with Gasteiger partial charge in [0.05, 0.1) is 45.5 Å². The second kappa shape index (κ2) is 39.2. The van der Waals surface area contributed by atoms with Crippen molar-refractivity contribution >= 4 is 53.7 Å². The lowest BCUT2D eigenvalue weighted by molar-refractivity contribution is -0.315. The molecule has 6 aliphatic heterocycles. The maximum Gasteiger partial charge on any atom is 0.434 e. The van der Waals surface area contributed by atoms with E-state index in [-0.39, 0.29) is 62.8 Å². The topological polar surface area (TPSA) is 292 Å². The standard InChI is InChI=1S/C22H26F6O9.C21H27F3O9.C14H28O2.2C9H15F3O2/c1-4-19(2,3)18(31)34-12-10-11(32-15(12)30)13-16(33-10)37-20(36-13)7-5-9(6-8-20)14(29)35-17(21(23,24)25)22(26,27)28;1-4-19(2,3)18(27)31-13-11-12(29-16(13)26)14-17(30-11)33-20(32-14)7-5-10(6-8-20)15(25)28-9-21(22,23)24;1-6-9-10-12(7-2)11-16-13(15)14(4,5)8-3;2*1-5-8(3,4)7(13)14-6(2)9(10,11)12/h9-13,16-17H,4-8H2,1-3H3;10-14,17H,4-9H2,1-3H3;12H,6-11H2,1-5H3;2*6H,5H2,1-4H3. The van der Waals surface area contributed by atoms with Crippen molar-refractivity contribution < 1.29 is 180 Å². The summed E-state index contributed by atoms with van der Waals surface area (Å²) in [7, 11) is 0. The summed E-state index contributed by atoms with van der Waals surface area (Å²) in [5, 5.41) is 0. The third kappa shape index (κ3) is 27.0. The number of unbranched alkanes of at least 4 members (excludes halogenated alkanes) is 1. The van der Waals surface area contributed by atoms with Crippen LogP contribution >= 0.6 is 0 Å². The highest BCUT2D eigenvalue weighted by molar-refractivity contribution is 5.85. The van der Waals surface area contributed by atoms with E-state index in [2.05, 4.69) is 32.8 Å². The monoisotopic (exact) mass is 1680 g/mol. The number of halogens is 15. The molecule has 13 unspecified atom stereocenters. The first kappa shape index (κ1) is 100. The lowest BCUT2D eigenvalue weighted by Gasteiger charge is -2.36. The van der Waals surface area contributed by atoms with Crippen molar-refractivity contribution in [1.82, 2.24) is 0 Å². The lowest BCUT2D eigenvalue weighted by Crippen LogP contribution is -2.47. The second-order valence-electron chi connectivity index (χ2n) is 32.7. The van der Waals surface area contributed by atoms with Crippen molar-refractivity contribution in [1.29, 1.82) is 0 Å². The van der Waals surface area contributed by atoms with Gasteiger partial charge in [0.2, 0.25) is 12.2 Å². The molecule has 0 aromatic heterocycles. The molecule has 0 bridgehead atoms. The molecule has 2 saturated carbocycles. The smallest absolute Gasteiger partial charge is 0.434 e. The van der Waals surface area contributed by atoms with Gasteiger partial charge in [-0.15, -0.1) is 0 Å².